The van der Waals surface area contributed by atoms with Crippen molar-refractivity contribution < 1.29 is 5.11 Å². The second-order valence-electron chi connectivity index (χ2n) is 3.91. The number of hydrogen-bond acceptors (Lipinski definition) is 5. The summed E-state index contributed by atoms with van der Waals surface area (Å²) in [5, 5.41) is 16.4. The summed E-state index contributed by atoms with van der Waals surface area (Å²) in [6.07, 6.45) is 6.48. The zero-order valence-electron chi connectivity index (χ0n) is 11.8. The fourth-order valence-corrected chi connectivity index (χ4v) is 2.11. The molecular weight excluding hydrogens is 260 g/mol. The smallest absolute Gasteiger partial charge is 0.137 e. The van der Waals surface area contributed by atoms with E-state index in [4.69, 9.17) is 5.11 Å². The highest BCUT2D eigenvalue weighted by molar-refractivity contribution is 7.98. The van der Waals surface area contributed by atoms with E-state index < -0.39 is 0 Å². The largest absolute Gasteiger partial charge is 0.396 e. The van der Waals surface area contributed by atoms with Crippen LogP contribution in [0.2, 0.25) is 0 Å². The second kappa shape index (κ2) is 8.90. The average molecular weight is 282 g/mol. The zero-order valence-corrected chi connectivity index (χ0v) is 12.6. The highest BCUT2D eigenvalue weighted by atomic mass is 32.2. The Kier molecular flexibility index (Phi) is 7.47. The van der Waals surface area contributed by atoms with Crippen LogP contribution in [0.5, 0.6) is 0 Å². The molecule has 0 saturated carbocycles. The topological polar surface area (TPSA) is 62.5 Å². The minimum absolute atomic E-state index is 0.319. The average Bonchev–Trinajstić information content (AvgIpc) is 2.88. The molecule has 0 spiro atoms. The van der Waals surface area contributed by atoms with Gasteiger partial charge in [-0.3, -0.25) is 0 Å². The third-order valence-electron chi connectivity index (χ3n) is 2.49. The molecule has 2 aromatic rings. The molecule has 2 aromatic heterocycles. The van der Waals surface area contributed by atoms with E-state index in [0.29, 0.717) is 6.61 Å². The molecule has 2 rings (SSSR count). The first-order valence-corrected chi connectivity index (χ1v) is 7.67. The Hall–Kier alpha value is -1.11. The molecular formula is C13H22N4OS. The lowest BCUT2D eigenvalue weighted by Crippen LogP contribution is -2.11. The first-order chi connectivity index (χ1) is 9.28. The van der Waals surface area contributed by atoms with E-state index in [0.717, 1.165) is 30.1 Å². The number of rotatable bonds is 5. The first-order valence-electron chi connectivity index (χ1n) is 6.45. The van der Waals surface area contributed by atoms with E-state index in [2.05, 4.69) is 28.4 Å². The fraction of sp³-hybridized carbons (Fsp3) is 0.538. The highest BCUT2D eigenvalue weighted by Gasteiger charge is 2.08. The Morgan fingerprint density at radius 3 is 2.74 bits per heavy atom. The third-order valence-corrected chi connectivity index (χ3v) is 3.17. The van der Waals surface area contributed by atoms with Crippen molar-refractivity contribution in [3.8, 4) is 0 Å². The third kappa shape index (κ3) is 4.49. The molecule has 0 saturated heterocycles. The molecule has 0 aromatic carbocycles. The van der Waals surface area contributed by atoms with Crippen molar-refractivity contribution in [3.05, 3.63) is 24.2 Å². The normalized spacial score (nSPS) is 10.3. The summed E-state index contributed by atoms with van der Waals surface area (Å²) < 4.78 is 1.88. The van der Waals surface area contributed by atoms with Gasteiger partial charge in [0.05, 0.1) is 0 Å². The quantitative estimate of drug-likeness (QED) is 0.821. The molecule has 0 radical (unpaired) electrons. The van der Waals surface area contributed by atoms with Gasteiger partial charge in [-0.2, -0.15) is 5.10 Å². The lowest BCUT2D eigenvalue weighted by atomic mass is 10.3. The van der Waals surface area contributed by atoms with Crippen molar-refractivity contribution in [1.82, 2.24) is 19.9 Å². The predicted octanol–water partition coefficient (Wildman–Crippen LogP) is 1.95. The van der Waals surface area contributed by atoms with Gasteiger partial charge >= 0.3 is 0 Å². The Morgan fingerprint density at radius 2 is 2.16 bits per heavy atom. The Balaban J connectivity index is 0.000000399. The van der Waals surface area contributed by atoms with Crippen molar-refractivity contribution in [1.29, 1.82) is 0 Å². The molecule has 2 N–H and O–H groups in total. The van der Waals surface area contributed by atoms with Crippen LogP contribution >= 0.6 is 11.8 Å². The van der Waals surface area contributed by atoms with Crippen LogP contribution in [-0.4, -0.2) is 39.1 Å². The van der Waals surface area contributed by atoms with Crippen LogP contribution in [-0.2, 0) is 6.54 Å². The SMILES string of the molecule is CCCO.CCNCc1ccn2ncnc(SC)c12. The minimum Gasteiger partial charge on any atom is -0.396 e. The fourth-order valence-electron chi connectivity index (χ4n) is 1.54. The van der Waals surface area contributed by atoms with Crippen molar-refractivity contribution in [2.24, 2.45) is 0 Å². The Labute approximate surface area is 118 Å². The molecule has 0 aliphatic rings. The number of fused-ring (bicyclic) bond motifs is 1. The van der Waals surface area contributed by atoms with Gasteiger partial charge in [0.15, 0.2) is 0 Å². The van der Waals surface area contributed by atoms with Gasteiger partial charge in [-0.25, -0.2) is 9.50 Å². The molecule has 0 atom stereocenters. The molecule has 0 amide bonds. The van der Waals surface area contributed by atoms with Crippen molar-refractivity contribution in [2.75, 3.05) is 19.4 Å². The monoisotopic (exact) mass is 282 g/mol. The molecule has 0 aliphatic heterocycles. The molecule has 6 heteroatoms. The Bertz CT molecular complexity index is 484. The number of nitrogens with one attached hydrogen (secondary N) is 1. The summed E-state index contributed by atoms with van der Waals surface area (Å²) in [6, 6.07) is 2.09. The zero-order chi connectivity index (χ0) is 14.1. The van der Waals surface area contributed by atoms with Crippen LogP contribution in [0.3, 0.4) is 0 Å². The summed E-state index contributed by atoms with van der Waals surface area (Å²) in [4.78, 5) is 4.27. The Morgan fingerprint density at radius 1 is 1.42 bits per heavy atom. The van der Waals surface area contributed by atoms with Crippen LogP contribution < -0.4 is 5.32 Å². The number of aliphatic hydroxyl groups excluding tert-OH is 1. The van der Waals surface area contributed by atoms with Gasteiger partial charge in [0.2, 0.25) is 0 Å². The minimum atomic E-state index is 0.319. The number of aromatic nitrogens is 3. The van der Waals surface area contributed by atoms with E-state index in [1.807, 2.05) is 23.9 Å². The van der Waals surface area contributed by atoms with E-state index in [9.17, 15) is 0 Å². The van der Waals surface area contributed by atoms with Crippen molar-refractivity contribution >= 4 is 17.3 Å². The van der Waals surface area contributed by atoms with Gasteiger partial charge in [0.25, 0.3) is 0 Å². The molecule has 0 bridgehead atoms. The van der Waals surface area contributed by atoms with Crippen LogP contribution in [0, 0.1) is 0 Å². The van der Waals surface area contributed by atoms with Gasteiger partial charge in [-0.1, -0.05) is 13.8 Å². The number of hydrogen-bond donors (Lipinski definition) is 2. The van der Waals surface area contributed by atoms with Gasteiger partial charge in [-0.15, -0.1) is 11.8 Å². The predicted molar refractivity (Wildman–Crippen MR) is 79.5 cm³/mol. The molecule has 106 valence electrons. The lowest BCUT2D eigenvalue weighted by molar-refractivity contribution is 0.295. The van der Waals surface area contributed by atoms with E-state index >= 15 is 0 Å². The number of thioether (sulfide) groups is 1. The molecule has 19 heavy (non-hydrogen) atoms. The summed E-state index contributed by atoms with van der Waals surface area (Å²) in [5.74, 6) is 0. The van der Waals surface area contributed by atoms with Crippen LogP contribution in [0.15, 0.2) is 23.6 Å². The first kappa shape index (κ1) is 15.9. The standard InChI is InChI=1S/C10H14N4S.C3H8O/c1-3-11-6-8-4-5-14-9(8)10(15-2)12-7-13-14;1-2-3-4/h4-5,7,11H,3,6H2,1-2H3;4H,2-3H2,1H3. The summed E-state index contributed by atoms with van der Waals surface area (Å²) in [6.45, 7) is 6.19. The second-order valence-corrected chi connectivity index (χ2v) is 4.70. The molecule has 5 nitrogen and oxygen atoms in total. The summed E-state index contributed by atoms with van der Waals surface area (Å²) in [5.41, 5.74) is 2.37. The molecule has 2 heterocycles. The van der Waals surface area contributed by atoms with E-state index in [1.165, 1.54) is 5.56 Å². The van der Waals surface area contributed by atoms with Crippen LogP contribution in [0.25, 0.3) is 5.52 Å². The summed E-state index contributed by atoms with van der Waals surface area (Å²) >= 11 is 1.65. The van der Waals surface area contributed by atoms with Gasteiger partial charge in [-0.05, 0) is 30.9 Å². The van der Waals surface area contributed by atoms with Gasteiger partial charge in [0, 0.05) is 19.3 Å². The highest BCUT2D eigenvalue weighted by Crippen LogP contribution is 2.21. The molecule has 0 fully saturated rings. The van der Waals surface area contributed by atoms with E-state index in [1.54, 1.807) is 18.1 Å². The van der Waals surface area contributed by atoms with Crippen LogP contribution in [0.1, 0.15) is 25.8 Å². The van der Waals surface area contributed by atoms with Crippen LogP contribution in [0.4, 0.5) is 0 Å². The van der Waals surface area contributed by atoms with E-state index in [-0.39, 0.29) is 0 Å². The number of nitrogens with zero attached hydrogens (tertiary/aromatic N) is 3. The number of aliphatic hydroxyl groups is 1. The summed E-state index contributed by atoms with van der Waals surface area (Å²) in [7, 11) is 0. The molecule has 0 unspecified atom stereocenters. The van der Waals surface area contributed by atoms with Crippen molar-refractivity contribution in [3.63, 3.8) is 0 Å². The lowest BCUT2D eigenvalue weighted by Gasteiger charge is -2.03. The van der Waals surface area contributed by atoms with Gasteiger partial charge < -0.3 is 10.4 Å². The van der Waals surface area contributed by atoms with Gasteiger partial charge in [0.1, 0.15) is 16.9 Å². The maximum absolute atomic E-state index is 7.88. The maximum atomic E-state index is 7.88. The van der Waals surface area contributed by atoms with Crippen molar-refractivity contribution in [2.45, 2.75) is 31.8 Å². The maximum Gasteiger partial charge on any atom is 0.137 e. The molecule has 0 aliphatic carbocycles.